The molecule has 0 radical (unpaired) electrons. The molecule has 1 aromatic heterocycles. The lowest BCUT2D eigenvalue weighted by Gasteiger charge is -2.26. The van der Waals surface area contributed by atoms with Gasteiger partial charge in [-0.2, -0.15) is 4.98 Å². The highest BCUT2D eigenvalue weighted by molar-refractivity contribution is 5.94. The number of carbonyl (C=O) groups excluding carboxylic acids is 1. The topological polar surface area (TPSA) is 59.2 Å². The molecular formula is C20H19N3O2. The third-order valence-electron chi connectivity index (χ3n) is 4.48. The van der Waals surface area contributed by atoms with Crippen LogP contribution in [0.5, 0.6) is 0 Å². The van der Waals surface area contributed by atoms with Gasteiger partial charge in [-0.05, 0) is 43.5 Å². The van der Waals surface area contributed by atoms with Crippen LogP contribution in [0.15, 0.2) is 59.1 Å². The molecule has 1 aliphatic heterocycles. The molecule has 3 aromatic rings. The average molecular weight is 333 g/mol. The van der Waals surface area contributed by atoms with Gasteiger partial charge in [0.15, 0.2) is 0 Å². The number of hydrogen-bond donors (Lipinski definition) is 0. The molecule has 0 N–H and O–H groups in total. The summed E-state index contributed by atoms with van der Waals surface area (Å²) in [6.45, 7) is 1.70. The van der Waals surface area contributed by atoms with Crippen LogP contribution in [0.1, 0.15) is 29.6 Å². The van der Waals surface area contributed by atoms with E-state index in [-0.39, 0.29) is 5.91 Å². The van der Waals surface area contributed by atoms with Crippen molar-refractivity contribution in [1.82, 2.24) is 15.0 Å². The number of likely N-dealkylation sites (tertiary alicyclic amines) is 1. The number of aromatic nitrogens is 2. The number of piperidine rings is 1. The molecule has 2 heterocycles. The largest absolute Gasteiger partial charge is 0.339 e. The van der Waals surface area contributed by atoms with Gasteiger partial charge in [0, 0.05) is 29.8 Å². The number of amides is 1. The lowest BCUT2D eigenvalue weighted by atomic mass is 10.1. The summed E-state index contributed by atoms with van der Waals surface area (Å²) in [5.41, 5.74) is 2.42. The highest BCUT2D eigenvalue weighted by Crippen LogP contribution is 2.23. The normalized spacial score (nSPS) is 14.5. The molecule has 2 aromatic carbocycles. The van der Waals surface area contributed by atoms with Crippen molar-refractivity contribution in [2.75, 3.05) is 13.1 Å². The molecule has 25 heavy (non-hydrogen) atoms. The lowest BCUT2D eigenvalue weighted by molar-refractivity contribution is 0.0724. The van der Waals surface area contributed by atoms with Crippen LogP contribution in [0.3, 0.4) is 0 Å². The molecule has 126 valence electrons. The SMILES string of the molecule is O=C(c1ccc(-c2nc(-c3ccccc3)no2)cc1)N1CCCCC1. The Hall–Kier alpha value is -2.95. The van der Waals surface area contributed by atoms with Crippen molar-refractivity contribution < 1.29 is 9.32 Å². The summed E-state index contributed by atoms with van der Waals surface area (Å²) in [7, 11) is 0. The van der Waals surface area contributed by atoms with Crippen LogP contribution in [0.2, 0.25) is 0 Å². The molecule has 0 unspecified atom stereocenters. The molecule has 1 aliphatic rings. The molecule has 0 bridgehead atoms. The highest BCUT2D eigenvalue weighted by atomic mass is 16.5. The van der Waals surface area contributed by atoms with Crippen LogP contribution < -0.4 is 0 Å². The number of nitrogens with zero attached hydrogens (tertiary/aromatic N) is 3. The van der Waals surface area contributed by atoms with Gasteiger partial charge >= 0.3 is 0 Å². The molecule has 5 heteroatoms. The Kier molecular flexibility index (Phi) is 4.29. The molecule has 1 fully saturated rings. The lowest BCUT2D eigenvalue weighted by Crippen LogP contribution is -2.35. The zero-order valence-corrected chi connectivity index (χ0v) is 13.9. The fourth-order valence-electron chi connectivity index (χ4n) is 3.08. The number of carbonyl (C=O) groups is 1. The third-order valence-corrected chi connectivity index (χ3v) is 4.48. The second-order valence-corrected chi connectivity index (χ2v) is 6.22. The predicted molar refractivity (Wildman–Crippen MR) is 94.9 cm³/mol. The number of rotatable bonds is 3. The standard InChI is InChI=1S/C20H19N3O2/c24-20(23-13-5-2-6-14-23)17-11-9-16(10-12-17)19-21-18(22-25-19)15-7-3-1-4-8-15/h1,3-4,7-12H,2,5-6,13-14H2. The van der Waals surface area contributed by atoms with E-state index in [1.165, 1.54) is 6.42 Å². The predicted octanol–water partition coefficient (Wildman–Crippen LogP) is 4.03. The van der Waals surface area contributed by atoms with E-state index in [4.69, 9.17) is 4.52 Å². The maximum absolute atomic E-state index is 12.5. The van der Waals surface area contributed by atoms with Crippen LogP contribution in [0.25, 0.3) is 22.8 Å². The van der Waals surface area contributed by atoms with Crippen molar-refractivity contribution in [2.45, 2.75) is 19.3 Å². The van der Waals surface area contributed by atoms with Crippen molar-refractivity contribution in [3.05, 3.63) is 60.2 Å². The van der Waals surface area contributed by atoms with Crippen molar-refractivity contribution in [3.63, 3.8) is 0 Å². The summed E-state index contributed by atoms with van der Waals surface area (Å²) in [5, 5.41) is 4.03. The minimum atomic E-state index is 0.0988. The number of hydrogen-bond acceptors (Lipinski definition) is 4. The summed E-state index contributed by atoms with van der Waals surface area (Å²) in [6, 6.07) is 17.1. The van der Waals surface area contributed by atoms with Gasteiger partial charge in [-0.25, -0.2) is 0 Å². The van der Waals surface area contributed by atoms with Crippen LogP contribution in [0.4, 0.5) is 0 Å². The minimum absolute atomic E-state index is 0.0988. The van der Waals surface area contributed by atoms with E-state index < -0.39 is 0 Å². The van der Waals surface area contributed by atoms with E-state index in [0.717, 1.165) is 37.1 Å². The van der Waals surface area contributed by atoms with E-state index >= 15 is 0 Å². The van der Waals surface area contributed by atoms with Gasteiger partial charge in [0.05, 0.1) is 0 Å². The average Bonchev–Trinajstić information content (AvgIpc) is 3.19. The summed E-state index contributed by atoms with van der Waals surface area (Å²) < 4.78 is 5.37. The zero-order valence-electron chi connectivity index (χ0n) is 13.9. The van der Waals surface area contributed by atoms with Crippen LogP contribution in [0, 0.1) is 0 Å². The fraction of sp³-hybridized carbons (Fsp3) is 0.250. The monoisotopic (exact) mass is 333 g/mol. The van der Waals surface area contributed by atoms with Gasteiger partial charge in [-0.1, -0.05) is 35.5 Å². The van der Waals surface area contributed by atoms with Crippen molar-refractivity contribution in [1.29, 1.82) is 0 Å². The zero-order chi connectivity index (χ0) is 17.1. The van der Waals surface area contributed by atoms with Gasteiger partial charge in [0.25, 0.3) is 11.8 Å². The first-order chi connectivity index (χ1) is 12.3. The Morgan fingerprint density at radius 1 is 0.880 bits per heavy atom. The Morgan fingerprint density at radius 3 is 2.32 bits per heavy atom. The van der Waals surface area contributed by atoms with Crippen molar-refractivity contribution in [3.8, 4) is 22.8 Å². The molecule has 0 saturated carbocycles. The second-order valence-electron chi connectivity index (χ2n) is 6.22. The summed E-state index contributed by atoms with van der Waals surface area (Å²) >= 11 is 0. The molecule has 0 spiro atoms. The van der Waals surface area contributed by atoms with Crippen LogP contribution in [-0.2, 0) is 0 Å². The quantitative estimate of drug-likeness (QED) is 0.726. The Morgan fingerprint density at radius 2 is 1.60 bits per heavy atom. The molecule has 5 nitrogen and oxygen atoms in total. The number of benzene rings is 2. The summed E-state index contributed by atoms with van der Waals surface area (Å²) in [5.74, 6) is 1.11. The first kappa shape index (κ1) is 15.6. The maximum atomic E-state index is 12.5. The first-order valence-electron chi connectivity index (χ1n) is 8.60. The minimum Gasteiger partial charge on any atom is -0.339 e. The Balaban J connectivity index is 1.52. The van der Waals surface area contributed by atoms with Gasteiger partial charge in [-0.3, -0.25) is 4.79 Å². The molecule has 1 saturated heterocycles. The van der Waals surface area contributed by atoms with Crippen LogP contribution >= 0.6 is 0 Å². The molecular weight excluding hydrogens is 314 g/mol. The smallest absolute Gasteiger partial charge is 0.258 e. The van der Waals surface area contributed by atoms with Crippen molar-refractivity contribution in [2.24, 2.45) is 0 Å². The summed E-state index contributed by atoms with van der Waals surface area (Å²) in [6.07, 6.45) is 3.39. The molecule has 0 aliphatic carbocycles. The van der Waals surface area contributed by atoms with Gasteiger partial charge < -0.3 is 9.42 Å². The Bertz CT molecular complexity index is 850. The van der Waals surface area contributed by atoms with E-state index in [1.54, 1.807) is 0 Å². The van der Waals surface area contributed by atoms with E-state index in [1.807, 2.05) is 59.5 Å². The highest BCUT2D eigenvalue weighted by Gasteiger charge is 2.18. The van der Waals surface area contributed by atoms with E-state index in [2.05, 4.69) is 10.1 Å². The molecule has 0 atom stereocenters. The second kappa shape index (κ2) is 6.89. The molecule has 1 amide bonds. The Labute approximate surface area is 146 Å². The van der Waals surface area contributed by atoms with Crippen molar-refractivity contribution >= 4 is 5.91 Å². The third kappa shape index (κ3) is 3.31. The van der Waals surface area contributed by atoms with Gasteiger partial charge in [-0.15, -0.1) is 0 Å². The summed E-state index contributed by atoms with van der Waals surface area (Å²) in [4.78, 5) is 18.9. The van der Waals surface area contributed by atoms with Crippen LogP contribution in [-0.4, -0.2) is 34.0 Å². The first-order valence-corrected chi connectivity index (χ1v) is 8.60. The van der Waals surface area contributed by atoms with Gasteiger partial charge in [0.1, 0.15) is 0 Å². The van der Waals surface area contributed by atoms with Gasteiger partial charge in [0.2, 0.25) is 5.82 Å². The fourth-order valence-corrected chi connectivity index (χ4v) is 3.08. The van der Waals surface area contributed by atoms with E-state index in [9.17, 15) is 4.79 Å². The molecule has 4 rings (SSSR count). The van der Waals surface area contributed by atoms with E-state index in [0.29, 0.717) is 17.3 Å². The maximum Gasteiger partial charge on any atom is 0.258 e.